The molecule has 30 heavy (non-hydrogen) atoms. The Kier molecular flexibility index (Phi) is 5.01. The second-order valence-corrected chi connectivity index (χ2v) is 9.54. The largest absolute Gasteiger partial charge is 0.382 e. The molecule has 2 aliphatic rings. The summed E-state index contributed by atoms with van der Waals surface area (Å²) < 4.78 is 5.83. The minimum atomic E-state index is 0.105. The summed E-state index contributed by atoms with van der Waals surface area (Å²) in [4.78, 5) is 19.8. The molecule has 5 heterocycles. The third-order valence-electron chi connectivity index (χ3n) is 6.34. The molecule has 0 saturated carbocycles. The van der Waals surface area contributed by atoms with E-state index in [9.17, 15) is 0 Å². The maximum atomic E-state index is 6.44. The molecule has 2 aliphatic heterocycles. The zero-order valence-corrected chi connectivity index (χ0v) is 18.2. The van der Waals surface area contributed by atoms with Gasteiger partial charge in [-0.2, -0.15) is 0 Å². The van der Waals surface area contributed by atoms with Crippen LogP contribution in [0, 0.1) is 5.41 Å². The molecule has 2 fully saturated rings. The summed E-state index contributed by atoms with van der Waals surface area (Å²) in [5.41, 5.74) is 13.9. The molecular weight excluding hydrogens is 422 g/mol. The number of ether oxygens (including phenoxy) is 1. The Hall–Kier alpha value is -2.07. The van der Waals surface area contributed by atoms with E-state index in [1.54, 1.807) is 12.4 Å². The molecular formula is C20H24ClN7OS. The van der Waals surface area contributed by atoms with Crippen molar-refractivity contribution in [2.24, 2.45) is 11.1 Å². The minimum Gasteiger partial charge on any atom is -0.382 e. The van der Waals surface area contributed by atoms with Crippen molar-refractivity contribution in [3.05, 3.63) is 29.5 Å². The van der Waals surface area contributed by atoms with E-state index in [1.165, 1.54) is 11.8 Å². The molecule has 2 atom stereocenters. The third kappa shape index (κ3) is 3.39. The van der Waals surface area contributed by atoms with Crippen LogP contribution in [0.4, 0.5) is 11.6 Å². The molecule has 5 rings (SSSR count). The van der Waals surface area contributed by atoms with Gasteiger partial charge in [0.25, 0.3) is 0 Å². The first-order valence-corrected chi connectivity index (χ1v) is 11.2. The van der Waals surface area contributed by atoms with Crippen LogP contribution in [0.15, 0.2) is 34.4 Å². The number of halogens is 1. The first-order chi connectivity index (χ1) is 14.4. The lowest BCUT2D eigenvalue weighted by molar-refractivity contribution is 0.0974. The fraction of sp³-hybridized carbons (Fsp3) is 0.450. The number of nitrogens with one attached hydrogen (secondary N) is 1. The average molecular weight is 446 g/mol. The summed E-state index contributed by atoms with van der Waals surface area (Å²) in [6, 6.07) is 3.99. The van der Waals surface area contributed by atoms with Gasteiger partial charge in [0.2, 0.25) is 0 Å². The van der Waals surface area contributed by atoms with Gasteiger partial charge in [-0.25, -0.2) is 15.0 Å². The highest BCUT2D eigenvalue weighted by Gasteiger charge is 2.47. The fourth-order valence-corrected chi connectivity index (χ4v) is 5.41. The number of rotatable bonds is 3. The van der Waals surface area contributed by atoms with Crippen LogP contribution in [0.2, 0.25) is 5.02 Å². The van der Waals surface area contributed by atoms with Gasteiger partial charge >= 0.3 is 0 Å². The van der Waals surface area contributed by atoms with Crippen LogP contribution < -0.4 is 16.4 Å². The van der Waals surface area contributed by atoms with Crippen molar-refractivity contribution in [3.63, 3.8) is 0 Å². The van der Waals surface area contributed by atoms with E-state index < -0.39 is 0 Å². The summed E-state index contributed by atoms with van der Waals surface area (Å²) in [6.07, 6.45) is 5.56. The number of H-pyrrole nitrogens is 1. The molecule has 0 aromatic carbocycles. The maximum absolute atomic E-state index is 6.44. The fourth-order valence-electron chi connectivity index (χ4n) is 4.39. The van der Waals surface area contributed by atoms with Crippen LogP contribution in [-0.2, 0) is 4.74 Å². The smallest absolute Gasteiger partial charge is 0.157 e. The number of nitrogen functional groups attached to an aromatic ring is 1. The number of nitrogens with zero attached hydrogens (tertiary/aromatic N) is 4. The predicted molar refractivity (Wildman–Crippen MR) is 119 cm³/mol. The normalized spacial score (nSPS) is 23.5. The van der Waals surface area contributed by atoms with E-state index in [0.717, 1.165) is 59.4 Å². The SMILES string of the molecule is C[C@@H]1OCC2(CCN(c3cc4nc(Sc5ccnc(N)c5Cl)cnc4[nH]3)CC2)[C@@H]1N. The molecule has 2 saturated heterocycles. The van der Waals surface area contributed by atoms with Gasteiger partial charge in [0.1, 0.15) is 22.2 Å². The lowest BCUT2D eigenvalue weighted by Gasteiger charge is -2.41. The molecule has 10 heteroatoms. The van der Waals surface area contributed by atoms with Crippen molar-refractivity contribution in [2.45, 2.75) is 41.8 Å². The molecule has 3 aromatic rings. The van der Waals surface area contributed by atoms with Gasteiger partial charge in [-0.05, 0) is 25.8 Å². The van der Waals surface area contributed by atoms with Crippen molar-refractivity contribution >= 4 is 46.2 Å². The van der Waals surface area contributed by atoms with Crippen molar-refractivity contribution in [1.29, 1.82) is 0 Å². The van der Waals surface area contributed by atoms with Gasteiger partial charge in [0, 0.05) is 41.7 Å². The average Bonchev–Trinajstić information content (AvgIpc) is 3.29. The third-order valence-corrected chi connectivity index (χ3v) is 7.81. The standard InChI is InChI=1S/C20H24ClN7OS/c1-11-17(22)20(10-29-11)3-6-28(7-4-20)14-8-12-19(27-14)25-9-15(26-12)30-13-2-5-24-18(23)16(13)21/h2,5,8-9,11,17H,3-4,6-7,10,22H2,1H3,(H2,23,24)(H,25,27)/t11-,17+/m0/s1. The zero-order chi connectivity index (χ0) is 20.9. The van der Waals surface area contributed by atoms with Crippen LogP contribution in [0.25, 0.3) is 11.2 Å². The number of pyridine rings is 1. The second-order valence-electron chi connectivity index (χ2n) is 8.10. The topological polar surface area (TPSA) is 119 Å². The molecule has 3 aromatic heterocycles. The number of fused-ring (bicyclic) bond motifs is 1. The lowest BCUT2D eigenvalue weighted by atomic mass is 9.73. The molecule has 8 nitrogen and oxygen atoms in total. The summed E-state index contributed by atoms with van der Waals surface area (Å²) in [5.74, 6) is 1.35. The van der Waals surface area contributed by atoms with Gasteiger partial charge in [-0.3, -0.25) is 0 Å². The van der Waals surface area contributed by atoms with Gasteiger partial charge in [-0.1, -0.05) is 23.4 Å². The van der Waals surface area contributed by atoms with E-state index in [0.29, 0.717) is 10.8 Å². The Bertz CT molecular complexity index is 1080. The molecule has 0 amide bonds. The number of aromatic nitrogens is 4. The van der Waals surface area contributed by atoms with E-state index in [1.807, 2.05) is 6.07 Å². The molecule has 158 valence electrons. The van der Waals surface area contributed by atoms with Gasteiger partial charge in [-0.15, -0.1) is 0 Å². The van der Waals surface area contributed by atoms with Gasteiger partial charge < -0.3 is 26.1 Å². The Morgan fingerprint density at radius 3 is 2.87 bits per heavy atom. The number of anilines is 2. The Labute approximate surface area is 183 Å². The predicted octanol–water partition coefficient (Wildman–Crippen LogP) is 3.07. The van der Waals surface area contributed by atoms with Gasteiger partial charge in [0.15, 0.2) is 5.65 Å². The summed E-state index contributed by atoms with van der Waals surface area (Å²) in [5, 5.41) is 1.19. The summed E-state index contributed by atoms with van der Waals surface area (Å²) in [6.45, 7) is 4.71. The van der Waals surface area contributed by atoms with Crippen molar-refractivity contribution in [2.75, 3.05) is 30.3 Å². The molecule has 1 spiro atoms. The number of hydrogen-bond acceptors (Lipinski definition) is 8. The van der Waals surface area contributed by atoms with Crippen molar-refractivity contribution in [3.8, 4) is 0 Å². The van der Waals surface area contributed by atoms with E-state index >= 15 is 0 Å². The first kappa shape index (κ1) is 19.9. The first-order valence-electron chi connectivity index (χ1n) is 10.0. The quantitative estimate of drug-likeness (QED) is 0.562. The number of piperidine rings is 1. The number of aromatic amines is 1. The van der Waals surface area contributed by atoms with Crippen molar-refractivity contribution < 1.29 is 4.74 Å². The second kappa shape index (κ2) is 7.56. The number of hydrogen-bond donors (Lipinski definition) is 3. The maximum Gasteiger partial charge on any atom is 0.157 e. The Balaban J connectivity index is 1.33. The highest BCUT2D eigenvalue weighted by Crippen LogP contribution is 2.42. The van der Waals surface area contributed by atoms with E-state index in [-0.39, 0.29) is 17.6 Å². The van der Waals surface area contributed by atoms with Crippen LogP contribution in [0.1, 0.15) is 19.8 Å². The Morgan fingerprint density at radius 2 is 2.13 bits per heavy atom. The number of nitrogens with two attached hydrogens (primary N) is 2. The van der Waals surface area contributed by atoms with Gasteiger partial charge in [0.05, 0.1) is 23.9 Å². The van der Waals surface area contributed by atoms with E-state index in [2.05, 4.69) is 32.8 Å². The summed E-state index contributed by atoms with van der Waals surface area (Å²) >= 11 is 7.67. The molecule has 5 N–H and O–H groups in total. The van der Waals surface area contributed by atoms with E-state index in [4.69, 9.17) is 32.8 Å². The highest BCUT2D eigenvalue weighted by atomic mass is 35.5. The lowest BCUT2D eigenvalue weighted by Crippen LogP contribution is -2.50. The Morgan fingerprint density at radius 1 is 1.33 bits per heavy atom. The zero-order valence-electron chi connectivity index (χ0n) is 16.6. The van der Waals surface area contributed by atoms with Crippen LogP contribution >= 0.6 is 23.4 Å². The summed E-state index contributed by atoms with van der Waals surface area (Å²) in [7, 11) is 0. The monoisotopic (exact) mass is 445 g/mol. The van der Waals surface area contributed by atoms with Crippen LogP contribution in [0.3, 0.4) is 0 Å². The van der Waals surface area contributed by atoms with Crippen molar-refractivity contribution in [1.82, 2.24) is 19.9 Å². The highest BCUT2D eigenvalue weighted by molar-refractivity contribution is 7.99. The van der Waals surface area contributed by atoms with Crippen LogP contribution in [0.5, 0.6) is 0 Å². The molecule has 0 unspecified atom stereocenters. The minimum absolute atomic E-state index is 0.105. The molecule has 0 radical (unpaired) electrons. The van der Waals surface area contributed by atoms with Crippen LogP contribution in [-0.4, -0.2) is 51.8 Å². The molecule has 0 aliphatic carbocycles. The molecule has 0 bridgehead atoms.